The highest BCUT2D eigenvalue weighted by Crippen LogP contribution is 2.32. The molecule has 0 aromatic heterocycles. The third kappa shape index (κ3) is 11.9. The summed E-state index contributed by atoms with van der Waals surface area (Å²) in [5, 5.41) is 10.2. The number of ether oxygens (including phenoxy) is 4. The van der Waals surface area contributed by atoms with Crippen LogP contribution in [-0.4, -0.2) is 25.9 Å². The van der Waals surface area contributed by atoms with Crippen LogP contribution in [0.2, 0.25) is 0 Å². The van der Waals surface area contributed by atoms with Crippen LogP contribution >= 0.6 is 0 Å². The highest BCUT2D eigenvalue weighted by atomic mass is 19.4. The van der Waals surface area contributed by atoms with E-state index in [9.17, 15) is 23.3 Å². The van der Waals surface area contributed by atoms with Crippen LogP contribution in [0.4, 0.5) is 18.9 Å². The topological polar surface area (TPSA) is 184 Å². The number of nitro benzene ring substituents is 1. The second-order valence-electron chi connectivity index (χ2n) is 9.30. The molecule has 0 atom stereocenters. The minimum Gasteiger partial charge on any atom is -0.497 e. The van der Waals surface area contributed by atoms with Gasteiger partial charge in [0.1, 0.15) is 11.5 Å². The van der Waals surface area contributed by atoms with Crippen molar-refractivity contribution in [2.24, 2.45) is 22.9 Å². The van der Waals surface area contributed by atoms with Gasteiger partial charge in [-0.1, -0.05) is 36.4 Å². The largest absolute Gasteiger partial charge is 0.497 e. The molecule has 1 heterocycles. The van der Waals surface area contributed by atoms with Crippen molar-refractivity contribution < 1.29 is 37.0 Å². The van der Waals surface area contributed by atoms with Crippen LogP contribution in [0.25, 0.3) is 0 Å². The van der Waals surface area contributed by atoms with E-state index >= 15 is 0 Å². The molecule has 14 heteroatoms. The lowest BCUT2D eigenvalue weighted by molar-refractivity contribution is -0.384. The second-order valence-corrected chi connectivity index (χ2v) is 9.30. The quantitative estimate of drug-likeness (QED) is 0.153. The number of alkyl halides is 3. The molecular weight excluding hydrogens is 607 g/mol. The molecule has 8 N–H and O–H groups in total. The van der Waals surface area contributed by atoms with Crippen LogP contribution in [0, 0.1) is 10.1 Å². The molecule has 1 aliphatic rings. The summed E-state index contributed by atoms with van der Waals surface area (Å²) < 4.78 is 56.4. The average molecular weight is 646 g/mol. The van der Waals surface area contributed by atoms with E-state index in [1.165, 1.54) is 24.3 Å². The molecule has 0 radical (unpaired) electrons. The number of nitrogens with two attached hydrogens (primary N) is 4. The Bertz CT molecular complexity index is 1500. The molecular formula is C32H38F3N5O6. The Morgan fingerprint density at radius 2 is 1.26 bits per heavy atom. The fourth-order valence-corrected chi connectivity index (χ4v) is 3.67. The first kappa shape index (κ1) is 37.3. The summed E-state index contributed by atoms with van der Waals surface area (Å²) in [5.41, 5.74) is 24.6. The molecule has 0 saturated heterocycles. The van der Waals surface area contributed by atoms with E-state index in [-0.39, 0.29) is 12.2 Å². The Balaban J connectivity index is 0.000000214. The molecule has 46 heavy (non-hydrogen) atoms. The maximum atomic E-state index is 12.0. The lowest BCUT2D eigenvalue weighted by Gasteiger charge is -2.07. The van der Waals surface area contributed by atoms with E-state index in [2.05, 4.69) is 0 Å². The molecule has 1 aliphatic heterocycles. The molecule has 0 amide bonds. The zero-order valence-electron chi connectivity index (χ0n) is 25.5. The molecule has 5 rings (SSSR count). The van der Waals surface area contributed by atoms with E-state index in [4.69, 9.17) is 41.9 Å². The Hall–Kier alpha value is -4.89. The summed E-state index contributed by atoms with van der Waals surface area (Å²) >= 11 is 0. The standard InChI is InChI=1S/C9H13NO2.C8H8F3N.C8H9NO2.C7H8N2O2/c1-11-8-4-3-7(6-10)9(5-8)12-2;9-8(10,11)7-3-1-6(5-12)2-4-7;9-4-6-1-2-7-8(3-6)11-5-10-7;8-5-6-1-3-7(4-2-6)9(10)11/h3-5H,6,10H2,1-2H3;1-4H,5,12H2;1-3H,4-5,9H2;1-4H,5,8H2. The Kier molecular flexibility index (Phi) is 15.3. The molecule has 0 spiro atoms. The summed E-state index contributed by atoms with van der Waals surface area (Å²) in [5.74, 6) is 3.16. The third-order valence-corrected chi connectivity index (χ3v) is 6.29. The van der Waals surface area contributed by atoms with Crippen LogP contribution in [0.5, 0.6) is 23.0 Å². The van der Waals surface area contributed by atoms with Gasteiger partial charge in [-0.3, -0.25) is 10.1 Å². The zero-order chi connectivity index (χ0) is 34.1. The van der Waals surface area contributed by atoms with Gasteiger partial charge in [0.25, 0.3) is 5.69 Å². The minimum absolute atomic E-state index is 0.0993. The SMILES string of the molecule is COc1ccc(CN)c(OC)c1.NCc1ccc(C(F)(F)F)cc1.NCc1ccc([N+](=O)[O-])cc1.NCc1ccc2c(c1)OCO2. The number of nitro groups is 1. The van der Waals surface area contributed by atoms with E-state index in [0.29, 0.717) is 32.0 Å². The molecule has 0 bridgehead atoms. The fourth-order valence-electron chi connectivity index (χ4n) is 3.67. The lowest BCUT2D eigenvalue weighted by Crippen LogP contribution is -2.05. The Morgan fingerprint density at radius 1 is 0.717 bits per heavy atom. The van der Waals surface area contributed by atoms with Crippen molar-refractivity contribution >= 4 is 5.69 Å². The molecule has 0 fully saturated rings. The Labute approximate surface area is 264 Å². The number of hydrogen-bond donors (Lipinski definition) is 4. The number of methoxy groups -OCH3 is 2. The minimum atomic E-state index is -4.26. The van der Waals surface area contributed by atoms with E-state index < -0.39 is 16.7 Å². The van der Waals surface area contributed by atoms with E-state index in [0.717, 1.165) is 51.8 Å². The molecule has 4 aromatic rings. The van der Waals surface area contributed by atoms with Crippen LogP contribution in [0.3, 0.4) is 0 Å². The third-order valence-electron chi connectivity index (χ3n) is 6.29. The van der Waals surface area contributed by atoms with Gasteiger partial charge in [-0.05, 0) is 47.0 Å². The Morgan fingerprint density at radius 3 is 1.74 bits per heavy atom. The first-order valence-electron chi connectivity index (χ1n) is 13.8. The fraction of sp³-hybridized carbons (Fsp3) is 0.250. The number of hydrogen-bond acceptors (Lipinski definition) is 10. The summed E-state index contributed by atoms with van der Waals surface area (Å²) in [6, 6.07) is 22.3. The average Bonchev–Trinajstić information content (AvgIpc) is 3.56. The van der Waals surface area contributed by atoms with Gasteiger partial charge >= 0.3 is 6.18 Å². The molecule has 0 aliphatic carbocycles. The highest BCUT2D eigenvalue weighted by Gasteiger charge is 2.29. The number of rotatable bonds is 7. The summed E-state index contributed by atoms with van der Waals surface area (Å²) in [6.07, 6.45) is -4.26. The lowest BCUT2D eigenvalue weighted by atomic mass is 10.1. The van der Waals surface area contributed by atoms with Crippen LogP contribution in [0.1, 0.15) is 27.8 Å². The summed E-state index contributed by atoms with van der Waals surface area (Å²) in [7, 11) is 3.24. The monoisotopic (exact) mass is 645 g/mol. The molecule has 0 unspecified atom stereocenters. The normalized spacial score (nSPS) is 11.1. The van der Waals surface area contributed by atoms with Crippen molar-refractivity contribution in [3.05, 3.63) is 123 Å². The van der Waals surface area contributed by atoms with Gasteiger partial charge in [0.15, 0.2) is 11.5 Å². The summed E-state index contributed by atoms with van der Waals surface area (Å²) in [6.45, 7) is 2.02. The van der Waals surface area contributed by atoms with Crippen molar-refractivity contribution in [3.8, 4) is 23.0 Å². The molecule has 248 valence electrons. The maximum absolute atomic E-state index is 12.0. The predicted molar refractivity (Wildman–Crippen MR) is 168 cm³/mol. The van der Waals surface area contributed by atoms with Crippen LogP contribution in [-0.2, 0) is 32.4 Å². The predicted octanol–water partition coefficient (Wildman–Crippen LogP) is 5.25. The number of nitrogens with zero attached hydrogens (tertiary/aromatic N) is 1. The number of non-ortho nitro benzene ring substituents is 1. The number of halogens is 3. The van der Waals surface area contributed by atoms with Crippen molar-refractivity contribution in [3.63, 3.8) is 0 Å². The van der Waals surface area contributed by atoms with Gasteiger partial charge < -0.3 is 41.9 Å². The van der Waals surface area contributed by atoms with Gasteiger partial charge in [-0.2, -0.15) is 13.2 Å². The van der Waals surface area contributed by atoms with Crippen LogP contribution in [0.15, 0.2) is 84.9 Å². The maximum Gasteiger partial charge on any atom is 0.416 e. The first-order valence-corrected chi connectivity index (χ1v) is 13.8. The van der Waals surface area contributed by atoms with Crippen molar-refractivity contribution in [1.82, 2.24) is 0 Å². The molecule has 4 aromatic carbocycles. The van der Waals surface area contributed by atoms with Crippen molar-refractivity contribution in [2.75, 3.05) is 21.0 Å². The van der Waals surface area contributed by atoms with Gasteiger partial charge in [-0.25, -0.2) is 0 Å². The van der Waals surface area contributed by atoms with Gasteiger partial charge in [0.05, 0.1) is 24.7 Å². The van der Waals surface area contributed by atoms with E-state index in [1.807, 2.05) is 36.4 Å². The van der Waals surface area contributed by atoms with Gasteiger partial charge in [0, 0.05) is 49.9 Å². The number of fused-ring (bicyclic) bond motifs is 1. The highest BCUT2D eigenvalue weighted by molar-refractivity contribution is 5.44. The zero-order valence-corrected chi connectivity index (χ0v) is 25.5. The molecule has 11 nitrogen and oxygen atoms in total. The second kappa shape index (κ2) is 18.8. The smallest absolute Gasteiger partial charge is 0.416 e. The van der Waals surface area contributed by atoms with Crippen LogP contribution < -0.4 is 41.9 Å². The first-order chi connectivity index (χ1) is 22.0. The van der Waals surface area contributed by atoms with Gasteiger partial charge in [-0.15, -0.1) is 0 Å². The van der Waals surface area contributed by atoms with Gasteiger partial charge in [0.2, 0.25) is 6.79 Å². The van der Waals surface area contributed by atoms with Crippen molar-refractivity contribution in [1.29, 1.82) is 0 Å². The molecule has 0 saturated carbocycles. The summed E-state index contributed by atoms with van der Waals surface area (Å²) in [4.78, 5) is 9.74. The van der Waals surface area contributed by atoms with Crippen molar-refractivity contribution in [2.45, 2.75) is 32.4 Å². The van der Waals surface area contributed by atoms with E-state index in [1.54, 1.807) is 26.4 Å². The number of benzene rings is 4.